The molecule has 2 unspecified atom stereocenters. The van der Waals surface area contributed by atoms with E-state index in [0.717, 1.165) is 4.31 Å². The summed E-state index contributed by atoms with van der Waals surface area (Å²) in [6.45, 7) is 0. The number of amides is 1. The van der Waals surface area contributed by atoms with Crippen molar-refractivity contribution in [3.8, 4) is 0 Å². The van der Waals surface area contributed by atoms with E-state index in [0.29, 0.717) is 38.0 Å². The van der Waals surface area contributed by atoms with E-state index in [9.17, 15) is 13.6 Å². The van der Waals surface area contributed by atoms with Gasteiger partial charge in [0.05, 0.1) is 0 Å². The molecule has 0 spiro atoms. The molecule has 0 saturated heterocycles. The molecule has 8 heteroatoms. The van der Waals surface area contributed by atoms with Crippen LogP contribution in [0.2, 0.25) is 0 Å². The Morgan fingerprint density at radius 1 is 1.82 bits per heavy atom. The first-order valence-electron chi connectivity index (χ1n) is 3.16. The Morgan fingerprint density at radius 3 is 2.36 bits per heavy atom. The molecule has 0 aromatic heterocycles. The molecule has 0 radical (unpaired) electrons. The van der Waals surface area contributed by atoms with Crippen LogP contribution in [0.15, 0.2) is 0 Å². The summed E-state index contributed by atoms with van der Waals surface area (Å²) in [6.07, 6.45) is 0. The van der Waals surface area contributed by atoms with Crippen molar-refractivity contribution in [3.63, 3.8) is 0 Å². The van der Waals surface area contributed by atoms with Crippen LogP contribution in [0.1, 0.15) is 0 Å². The lowest BCUT2D eigenvalue weighted by atomic mass is 10.6. The number of nitrogens with zero attached hydrogens (tertiary/aromatic N) is 1. The molecule has 0 heterocycles. The van der Waals surface area contributed by atoms with Gasteiger partial charge in [-0.3, -0.25) is 13.3 Å². The average molecular weight is 207 g/mol. The molecule has 2 N–H and O–H groups in total. The van der Waals surface area contributed by atoms with E-state index in [4.69, 9.17) is 5.73 Å². The minimum Gasteiger partial charge on any atom is -0.760 e. The van der Waals surface area contributed by atoms with E-state index in [1.165, 1.54) is 0 Å². The molecule has 0 bridgehead atoms. The summed E-state index contributed by atoms with van der Waals surface area (Å²) in [5.41, 5.74) is 4.95. The monoisotopic (exact) mass is 207 g/mol. The van der Waals surface area contributed by atoms with Crippen LogP contribution in [0, 0.1) is 0 Å². The van der Waals surface area contributed by atoms with Gasteiger partial charge in [0.15, 0.2) is 0 Å². The number of carbonyl (C=O) groups is 1. The minimum atomic E-state index is -2.30. The summed E-state index contributed by atoms with van der Waals surface area (Å²) >= 11 is -1.15. The van der Waals surface area contributed by atoms with Crippen LogP contribution >= 0.6 is 0 Å². The van der Waals surface area contributed by atoms with Crippen LogP contribution in [0.3, 0.4) is 0 Å². The fraction of sp³-hybridized carbons (Fsp3) is 0.667. The summed E-state index contributed by atoms with van der Waals surface area (Å²) in [7, 11) is 0. The smallest absolute Gasteiger partial charge is 0.256 e. The third kappa shape index (κ3) is 3.68. The van der Waals surface area contributed by atoms with Crippen LogP contribution in [0.5, 0.6) is 0 Å². The number of nitrogens with two attached hydrogens (primary N) is 1. The number of carbonyl (C=O) groups excluding carboxylic acids is 1. The summed E-state index contributed by atoms with van der Waals surface area (Å²) in [5, 5.41) is 0.424. The second-order valence-corrected chi connectivity index (χ2v) is 4.66. The van der Waals surface area contributed by atoms with Crippen molar-refractivity contribution < 1.29 is 13.6 Å². The van der Waals surface area contributed by atoms with Crippen LogP contribution in [0.4, 0.5) is 0 Å². The predicted molar refractivity (Wildman–Crippen MR) is 45.7 cm³/mol. The molecular weight excluding hydrogens is 198 g/mol. The van der Waals surface area contributed by atoms with Crippen LogP contribution in [-0.4, -0.2) is 61.9 Å². The molecule has 62 valence electrons. The minimum absolute atomic E-state index is 0.424. The zero-order chi connectivity index (χ0) is 9.02. The lowest BCUT2D eigenvalue weighted by molar-refractivity contribution is -0.119. The highest BCUT2D eigenvalue weighted by Gasteiger charge is 2.16. The highest BCUT2D eigenvalue weighted by atomic mass is 32.2. The van der Waals surface area contributed by atoms with E-state index in [1.807, 2.05) is 0 Å². The topological polar surface area (TPSA) is 86.5 Å². The second-order valence-electron chi connectivity index (χ2n) is 2.03. The Balaban J connectivity index is 4.25. The maximum absolute atomic E-state index is 10.6. The van der Waals surface area contributed by atoms with Crippen molar-refractivity contribution in [1.29, 1.82) is 0 Å². The van der Waals surface area contributed by atoms with Crippen molar-refractivity contribution in [2.45, 2.75) is 4.90 Å². The third-order valence-electron chi connectivity index (χ3n) is 1.35. The summed E-state index contributed by atoms with van der Waals surface area (Å²) in [4.78, 5) is 9.97. The average Bonchev–Trinajstić information content (AvgIpc) is 1.88. The van der Waals surface area contributed by atoms with Crippen LogP contribution in [0.25, 0.3) is 0 Å². The summed E-state index contributed by atoms with van der Waals surface area (Å²) in [5.74, 6) is -0.559. The molecule has 0 aromatic carbocycles. The molecule has 0 aromatic rings. The molecule has 5 nitrogen and oxygen atoms in total. The first-order valence-corrected chi connectivity index (χ1v) is 6.76. The molecular formula is C3H9Al2N2O3S-. The van der Waals surface area contributed by atoms with Crippen molar-refractivity contribution in [2.75, 3.05) is 5.41 Å². The fourth-order valence-corrected chi connectivity index (χ4v) is 4.02. The van der Waals surface area contributed by atoms with Gasteiger partial charge in [-0.05, 0) is 5.41 Å². The SMILES string of the molecule is NC(=O)[CH]([AlH2])N([CH2][AlH2])S(=O)[O-]. The van der Waals surface area contributed by atoms with Gasteiger partial charge in [0.25, 0.3) is 16.3 Å². The van der Waals surface area contributed by atoms with Crippen molar-refractivity contribution in [2.24, 2.45) is 5.73 Å². The largest absolute Gasteiger partial charge is 0.760 e. The lowest BCUT2D eigenvalue weighted by Gasteiger charge is -2.27. The molecule has 2 atom stereocenters. The molecule has 0 aliphatic carbocycles. The molecule has 0 aliphatic rings. The Bertz CT molecular complexity index is 178. The van der Waals surface area contributed by atoms with Gasteiger partial charge in [-0.25, -0.2) is 0 Å². The number of hydrogen-bond donors (Lipinski definition) is 1. The van der Waals surface area contributed by atoms with E-state index >= 15 is 0 Å². The highest BCUT2D eigenvalue weighted by molar-refractivity contribution is 7.76. The van der Waals surface area contributed by atoms with E-state index in [2.05, 4.69) is 0 Å². The van der Waals surface area contributed by atoms with Gasteiger partial charge in [0.1, 0.15) is 0 Å². The van der Waals surface area contributed by atoms with Gasteiger partial charge in [0.2, 0.25) is 22.2 Å². The highest BCUT2D eigenvalue weighted by Crippen LogP contribution is 1.95. The molecule has 0 saturated carbocycles. The third-order valence-corrected chi connectivity index (χ3v) is 5.01. The quantitative estimate of drug-likeness (QED) is 0.378. The van der Waals surface area contributed by atoms with Crippen molar-refractivity contribution in [3.05, 3.63) is 0 Å². The standard InChI is InChI=1S/C3H6N2O3S.2Al.4H/c1-5(9(7)8)2-3(4)6;;;;;;/h2H,1H2,(H2,4,6)(H,7,8);;;;;;/p-1. The maximum atomic E-state index is 10.6. The van der Waals surface area contributed by atoms with Gasteiger partial charge in [0, 0.05) is 16.2 Å². The number of rotatable bonds is 4. The molecule has 1 amide bonds. The molecule has 0 aliphatic heterocycles. The van der Waals surface area contributed by atoms with E-state index in [1.54, 1.807) is 0 Å². The zero-order valence-corrected chi connectivity index (χ0v) is 11.3. The molecule has 0 fully saturated rings. The fourth-order valence-electron chi connectivity index (χ4n) is 0.650. The Morgan fingerprint density at radius 2 is 2.27 bits per heavy atom. The number of primary amides is 1. The Labute approximate surface area is 83.6 Å². The predicted octanol–water partition coefficient (Wildman–Crippen LogP) is -3.88. The van der Waals surface area contributed by atoms with Crippen molar-refractivity contribution >= 4 is 49.8 Å². The van der Waals surface area contributed by atoms with E-state index in [-0.39, 0.29) is 0 Å². The Hall–Kier alpha value is 0.605. The first-order chi connectivity index (χ1) is 5.00. The zero-order valence-electron chi connectivity index (χ0n) is 6.44. The molecule has 0 rings (SSSR count). The molecule has 11 heavy (non-hydrogen) atoms. The summed E-state index contributed by atoms with van der Waals surface area (Å²) in [6, 6.07) is 0. The van der Waals surface area contributed by atoms with Gasteiger partial charge in [-0.1, -0.05) is 0 Å². The van der Waals surface area contributed by atoms with Crippen LogP contribution < -0.4 is 5.73 Å². The number of hydrogen-bond acceptors (Lipinski definition) is 3. The van der Waals surface area contributed by atoms with Gasteiger partial charge in [-0.15, -0.1) is 0 Å². The van der Waals surface area contributed by atoms with Gasteiger partial charge in [-0.2, -0.15) is 0 Å². The van der Waals surface area contributed by atoms with E-state index < -0.39 is 22.1 Å². The van der Waals surface area contributed by atoms with Crippen LogP contribution in [-0.2, 0) is 16.1 Å². The Kier molecular flexibility index (Phi) is 5.58. The summed E-state index contributed by atoms with van der Waals surface area (Å²) < 4.78 is 22.0. The van der Waals surface area contributed by atoms with Gasteiger partial charge < -0.3 is 10.3 Å². The van der Waals surface area contributed by atoms with Crippen molar-refractivity contribution in [1.82, 2.24) is 4.31 Å². The maximum Gasteiger partial charge on any atom is 0.256 e. The normalized spacial score (nSPS) is 16.2. The lowest BCUT2D eigenvalue weighted by Crippen LogP contribution is -2.46. The van der Waals surface area contributed by atoms with Gasteiger partial charge >= 0.3 is 0 Å². The first kappa shape index (κ1) is 11.6. The second kappa shape index (κ2) is 5.29.